The molecule has 0 aromatic heterocycles. The molecule has 0 aromatic rings. The minimum absolute atomic E-state index is 0.126. The van der Waals surface area contributed by atoms with Crippen LogP contribution in [0.2, 0.25) is 0 Å². The van der Waals surface area contributed by atoms with Crippen molar-refractivity contribution in [3.63, 3.8) is 0 Å². The Morgan fingerprint density at radius 3 is 2.70 bits per heavy atom. The van der Waals surface area contributed by atoms with E-state index in [1.165, 1.54) is 4.90 Å². The average molecular weight is 276 g/mol. The summed E-state index contributed by atoms with van der Waals surface area (Å²) in [6.07, 6.45) is 4.02. The summed E-state index contributed by atoms with van der Waals surface area (Å²) in [5.41, 5.74) is -0.721. The van der Waals surface area contributed by atoms with Crippen LogP contribution in [0.15, 0.2) is 12.7 Å². The van der Waals surface area contributed by atoms with Crippen molar-refractivity contribution < 1.29 is 9.59 Å². The maximum atomic E-state index is 12.5. The lowest BCUT2D eigenvalue weighted by atomic mass is 9.87. The number of nitrogens with zero attached hydrogens (tertiary/aromatic N) is 3. The smallest absolute Gasteiger partial charge is 0.323 e. The number of urea groups is 1. The van der Waals surface area contributed by atoms with Crippen molar-refractivity contribution in [3.8, 4) is 6.07 Å². The number of hydrogen-bond donors (Lipinski definition) is 1. The van der Waals surface area contributed by atoms with Crippen LogP contribution in [-0.2, 0) is 4.79 Å². The summed E-state index contributed by atoms with van der Waals surface area (Å²) < 4.78 is 0. The van der Waals surface area contributed by atoms with E-state index in [4.69, 9.17) is 5.26 Å². The summed E-state index contributed by atoms with van der Waals surface area (Å²) in [7, 11) is 0. The Morgan fingerprint density at radius 1 is 1.40 bits per heavy atom. The number of nitrogens with one attached hydrogen (secondary N) is 1. The molecule has 3 amide bonds. The van der Waals surface area contributed by atoms with Crippen LogP contribution in [0.1, 0.15) is 25.7 Å². The molecule has 6 nitrogen and oxygen atoms in total. The number of unbranched alkanes of at least 4 members (excludes halogenated alkanes) is 1. The number of rotatable bonds is 5. The van der Waals surface area contributed by atoms with Crippen LogP contribution in [0.3, 0.4) is 0 Å². The van der Waals surface area contributed by atoms with Crippen molar-refractivity contribution in [2.75, 3.05) is 26.2 Å². The Balaban J connectivity index is 1.97. The fraction of sp³-hybridized carbons (Fsp3) is 0.643. The number of nitriles is 1. The largest absolute Gasteiger partial charge is 0.325 e. The zero-order valence-corrected chi connectivity index (χ0v) is 11.6. The molecule has 2 saturated heterocycles. The van der Waals surface area contributed by atoms with Gasteiger partial charge in [0.1, 0.15) is 5.54 Å². The molecular formula is C14H20N4O2. The monoisotopic (exact) mass is 276 g/mol. The molecular weight excluding hydrogens is 256 g/mol. The van der Waals surface area contributed by atoms with Crippen LogP contribution in [0, 0.1) is 11.3 Å². The summed E-state index contributed by atoms with van der Waals surface area (Å²) in [6, 6.07) is 1.71. The van der Waals surface area contributed by atoms with Gasteiger partial charge in [-0.25, -0.2) is 4.79 Å². The fourth-order valence-electron chi connectivity index (χ4n) is 2.83. The molecule has 2 heterocycles. The molecule has 0 unspecified atom stereocenters. The number of amides is 3. The molecule has 2 fully saturated rings. The maximum absolute atomic E-state index is 12.5. The molecule has 1 spiro atoms. The molecule has 6 heteroatoms. The first kappa shape index (κ1) is 14.5. The van der Waals surface area contributed by atoms with Crippen molar-refractivity contribution in [2.45, 2.75) is 31.2 Å². The molecule has 0 saturated carbocycles. The minimum atomic E-state index is -0.721. The van der Waals surface area contributed by atoms with Gasteiger partial charge in [-0.15, -0.1) is 6.58 Å². The summed E-state index contributed by atoms with van der Waals surface area (Å²) >= 11 is 0. The highest BCUT2D eigenvalue weighted by atomic mass is 16.2. The van der Waals surface area contributed by atoms with Crippen LogP contribution in [0.25, 0.3) is 0 Å². The van der Waals surface area contributed by atoms with E-state index < -0.39 is 5.54 Å². The van der Waals surface area contributed by atoms with Crippen molar-refractivity contribution >= 4 is 11.9 Å². The van der Waals surface area contributed by atoms with Crippen LogP contribution < -0.4 is 5.32 Å². The van der Waals surface area contributed by atoms with Gasteiger partial charge in [0.25, 0.3) is 5.91 Å². The number of carbonyl (C=O) groups excluding carboxylic acids is 2. The second-order valence-corrected chi connectivity index (χ2v) is 5.32. The number of likely N-dealkylation sites (tertiary alicyclic amines) is 1. The van der Waals surface area contributed by atoms with E-state index in [-0.39, 0.29) is 11.9 Å². The topological polar surface area (TPSA) is 76.4 Å². The van der Waals surface area contributed by atoms with E-state index in [2.05, 4.69) is 16.8 Å². The predicted octanol–water partition coefficient (Wildman–Crippen LogP) is 0.863. The lowest BCUT2D eigenvalue weighted by Crippen LogP contribution is -2.54. The zero-order chi connectivity index (χ0) is 14.6. The van der Waals surface area contributed by atoms with Gasteiger partial charge in [-0.1, -0.05) is 6.08 Å². The Kier molecular flexibility index (Phi) is 4.40. The number of hydrogen-bond acceptors (Lipinski definition) is 4. The number of piperidine rings is 1. The maximum Gasteiger partial charge on any atom is 0.325 e. The second kappa shape index (κ2) is 6.06. The molecule has 0 radical (unpaired) electrons. The van der Waals surface area contributed by atoms with E-state index in [9.17, 15) is 9.59 Å². The lowest BCUT2D eigenvalue weighted by Gasteiger charge is -2.36. The molecule has 2 aliphatic heterocycles. The van der Waals surface area contributed by atoms with Gasteiger partial charge in [0.2, 0.25) is 0 Å². The molecule has 2 rings (SSSR count). The predicted molar refractivity (Wildman–Crippen MR) is 73.7 cm³/mol. The normalized spacial score (nSPS) is 21.9. The Morgan fingerprint density at radius 2 is 2.10 bits per heavy atom. The quantitative estimate of drug-likeness (QED) is 0.459. The van der Waals surface area contributed by atoms with Gasteiger partial charge >= 0.3 is 6.03 Å². The van der Waals surface area contributed by atoms with Crippen molar-refractivity contribution in [1.29, 1.82) is 5.26 Å². The molecule has 0 aromatic carbocycles. The first-order valence-electron chi connectivity index (χ1n) is 6.97. The van der Waals surface area contributed by atoms with Gasteiger partial charge in [-0.3, -0.25) is 14.6 Å². The van der Waals surface area contributed by atoms with E-state index >= 15 is 0 Å². The first-order valence-corrected chi connectivity index (χ1v) is 6.97. The highest BCUT2D eigenvalue weighted by Gasteiger charge is 2.51. The Labute approximate surface area is 119 Å². The molecule has 0 atom stereocenters. The van der Waals surface area contributed by atoms with Crippen LogP contribution in [-0.4, -0.2) is 53.5 Å². The summed E-state index contributed by atoms with van der Waals surface area (Å²) in [5.74, 6) is -0.126. The average Bonchev–Trinajstić information content (AvgIpc) is 2.66. The zero-order valence-electron chi connectivity index (χ0n) is 11.6. The molecule has 1 N–H and O–H groups in total. The van der Waals surface area contributed by atoms with Gasteiger partial charge in [0.15, 0.2) is 0 Å². The van der Waals surface area contributed by atoms with E-state index in [1.54, 1.807) is 0 Å². The first-order chi connectivity index (χ1) is 9.63. The molecule has 2 aliphatic rings. The molecule has 108 valence electrons. The van der Waals surface area contributed by atoms with Gasteiger partial charge in [-0.2, -0.15) is 5.26 Å². The summed E-state index contributed by atoms with van der Waals surface area (Å²) in [4.78, 5) is 27.9. The number of carbonyl (C=O) groups is 2. The Bertz CT molecular complexity index is 447. The van der Waals surface area contributed by atoms with Gasteiger partial charge in [-0.05, 0) is 19.3 Å². The van der Waals surface area contributed by atoms with Crippen LogP contribution >= 0.6 is 0 Å². The van der Waals surface area contributed by atoms with Crippen LogP contribution in [0.5, 0.6) is 0 Å². The Hall–Kier alpha value is -1.87. The van der Waals surface area contributed by atoms with Crippen LogP contribution in [0.4, 0.5) is 4.79 Å². The third-order valence-corrected chi connectivity index (χ3v) is 4.01. The van der Waals surface area contributed by atoms with Gasteiger partial charge in [0.05, 0.1) is 6.07 Å². The highest BCUT2D eigenvalue weighted by Crippen LogP contribution is 2.29. The fourth-order valence-corrected chi connectivity index (χ4v) is 2.83. The van der Waals surface area contributed by atoms with Crippen molar-refractivity contribution in [1.82, 2.24) is 15.1 Å². The van der Waals surface area contributed by atoms with Crippen molar-refractivity contribution in [2.24, 2.45) is 0 Å². The highest BCUT2D eigenvalue weighted by molar-refractivity contribution is 6.07. The van der Waals surface area contributed by atoms with Gasteiger partial charge in [0, 0.05) is 32.6 Å². The van der Waals surface area contributed by atoms with Gasteiger partial charge < -0.3 is 5.32 Å². The summed E-state index contributed by atoms with van der Waals surface area (Å²) in [6.45, 7) is 6.41. The molecule has 0 bridgehead atoms. The minimum Gasteiger partial charge on any atom is -0.323 e. The SMILES string of the molecule is C=CCN1CCC2(CC1)NC(=O)N(CCCC#N)C2=O. The van der Waals surface area contributed by atoms with E-state index in [1.807, 2.05) is 12.1 Å². The third-order valence-electron chi connectivity index (χ3n) is 4.01. The third kappa shape index (κ3) is 2.68. The number of imide groups is 1. The van der Waals surface area contributed by atoms with E-state index in [0.29, 0.717) is 32.2 Å². The molecule has 20 heavy (non-hydrogen) atoms. The summed E-state index contributed by atoms with van der Waals surface area (Å²) in [5, 5.41) is 11.4. The second-order valence-electron chi connectivity index (χ2n) is 5.32. The molecule has 0 aliphatic carbocycles. The van der Waals surface area contributed by atoms with Crippen molar-refractivity contribution in [3.05, 3.63) is 12.7 Å². The standard InChI is InChI=1S/C14H20N4O2/c1-2-8-17-10-5-14(6-11-17)12(19)18(13(20)16-14)9-4-3-7-15/h2H,1,3-6,8-11H2,(H,16,20). The van der Waals surface area contributed by atoms with E-state index in [0.717, 1.165) is 19.6 Å². The lowest BCUT2D eigenvalue weighted by molar-refractivity contribution is -0.132.